The van der Waals surface area contributed by atoms with Crippen molar-refractivity contribution in [2.24, 2.45) is 16.1 Å². The van der Waals surface area contributed by atoms with Crippen LogP contribution in [0.1, 0.15) is 12.5 Å². The van der Waals surface area contributed by atoms with Crippen molar-refractivity contribution >= 4 is 29.4 Å². The van der Waals surface area contributed by atoms with Crippen LogP contribution >= 0.6 is 0 Å². The lowest BCUT2D eigenvalue weighted by atomic mass is 10.1. The molecule has 2 aromatic rings. The highest BCUT2D eigenvalue weighted by atomic mass is 16.5. The van der Waals surface area contributed by atoms with Gasteiger partial charge in [0.05, 0.1) is 32.0 Å². The fourth-order valence-electron chi connectivity index (χ4n) is 2.90. The van der Waals surface area contributed by atoms with Gasteiger partial charge in [-0.25, -0.2) is 5.43 Å². The molecule has 3 rings (SSSR count). The van der Waals surface area contributed by atoms with Gasteiger partial charge in [-0.2, -0.15) is 15.2 Å². The zero-order valence-electron chi connectivity index (χ0n) is 16.5. The van der Waals surface area contributed by atoms with Crippen molar-refractivity contribution in [1.29, 1.82) is 0 Å². The highest BCUT2D eigenvalue weighted by molar-refractivity contribution is 6.23. The molecule has 2 amide bonds. The molecule has 1 heterocycles. The van der Waals surface area contributed by atoms with E-state index in [1.165, 1.54) is 18.3 Å². The number of para-hydroxylation sites is 1. The molecule has 1 aliphatic rings. The minimum absolute atomic E-state index is 0.111. The number of anilines is 1. The Labute approximate surface area is 168 Å². The zero-order chi connectivity index (χ0) is 20.8. The lowest BCUT2D eigenvalue weighted by Gasteiger charge is -2.12. The van der Waals surface area contributed by atoms with Gasteiger partial charge in [-0.05, 0) is 36.8 Å². The fourth-order valence-corrected chi connectivity index (χ4v) is 2.90. The van der Waals surface area contributed by atoms with E-state index in [9.17, 15) is 9.59 Å². The molecule has 0 bridgehead atoms. The van der Waals surface area contributed by atoms with Crippen LogP contribution in [0.3, 0.4) is 0 Å². The van der Waals surface area contributed by atoms with Gasteiger partial charge in [0.1, 0.15) is 5.92 Å². The highest BCUT2D eigenvalue weighted by Gasteiger charge is 2.33. The average molecular weight is 394 g/mol. The smallest absolute Gasteiger partial charge is 0.261 e. The maximum Gasteiger partial charge on any atom is 0.261 e. The molecular weight excluding hydrogens is 372 g/mol. The van der Waals surface area contributed by atoms with Gasteiger partial charge in [0.15, 0.2) is 11.5 Å². The first-order chi connectivity index (χ1) is 14.0. The van der Waals surface area contributed by atoms with Crippen molar-refractivity contribution in [3.05, 3.63) is 54.1 Å². The molecule has 150 valence electrons. The molecule has 2 aromatic carbocycles. The predicted octanol–water partition coefficient (Wildman–Crippen LogP) is 2.39. The topological polar surface area (TPSA) is 92.6 Å². The van der Waals surface area contributed by atoms with E-state index in [0.717, 1.165) is 5.56 Å². The van der Waals surface area contributed by atoms with Crippen LogP contribution in [0.25, 0.3) is 0 Å². The number of methoxy groups -OCH3 is 2. The number of carbonyl (C=O) groups is 2. The normalized spacial score (nSPS) is 16.1. The molecule has 8 heteroatoms. The average Bonchev–Trinajstić information content (AvgIpc) is 3.02. The molecule has 0 saturated heterocycles. The lowest BCUT2D eigenvalue weighted by molar-refractivity contribution is -0.120. The van der Waals surface area contributed by atoms with E-state index in [0.29, 0.717) is 22.9 Å². The Hall–Kier alpha value is -3.68. The van der Waals surface area contributed by atoms with Crippen molar-refractivity contribution in [3.8, 4) is 11.5 Å². The van der Waals surface area contributed by atoms with Crippen LogP contribution in [0.2, 0.25) is 0 Å². The van der Waals surface area contributed by atoms with Crippen molar-refractivity contribution in [3.63, 3.8) is 0 Å². The van der Waals surface area contributed by atoms with E-state index in [1.807, 2.05) is 18.2 Å². The molecule has 0 fully saturated rings. The number of nitrogens with zero attached hydrogens (tertiary/aromatic N) is 3. The summed E-state index contributed by atoms with van der Waals surface area (Å²) in [5.41, 5.74) is 4.50. The number of hydrogen-bond donors (Lipinski definition) is 1. The van der Waals surface area contributed by atoms with E-state index >= 15 is 0 Å². The second kappa shape index (κ2) is 9.01. The summed E-state index contributed by atoms with van der Waals surface area (Å²) < 4.78 is 10.4. The van der Waals surface area contributed by atoms with Crippen LogP contribution in [0.5, 0.6) is 11.5 Å². The monoisotopic (exact) mass is 394 g/mol. The van der Waals surface area contributed by atoms with E-state index in [4.69, 9.17) is 9.47 Å². The Morgan fingerprint density at radius 3 is 2.59 bits per heavy atom. The van der Waals surface area contributed by atoms with Crippen molar-refractivity contribution in [2.45, 2.75) is 13.3 Å². The minimum Gasteiger partial charge on any atom is -0.493 e. The SMILES string of the molecule is COc1ccc(CC(=O)N/N=C/C2C(=O)N(c3ccccc3)N=C2C)cc1OC. The third-order valence-electron chi connectivity index (χ3n) is 4.41. The first-order valence-corrected chi connectivity index (χ1v) is 9.00. The van der Waals surface area contributed by atoms with Crippen molar-refractivity contribution in [1.82, 2.24) is 5.43 Å². The number of carbonyl (C=O) groups excluding carboxylic acids is 2. The van der Waals surface area contributed by atoms with Crippen LogP contribution in [0.15, 0.2) is 58.7 Å². The van der Waals surface area contributed by atoms with E-state index in [2.05, 4.69) is 15.6 Å². The molecule has 0 saturated carbocycles. The summed E-state index contributed by atoms with van der Waals surface area (Å²) in [6.45, 7) is 1.75. The minimum atomic E-state index is -0.614. The lowest BCUT2D eigenvalue weighted by Crippen LogP contribution is -2.29. The zero-order valence-corrected chi connectivity index (χ0v) is 16.5. The van der Waals surface area contributed by atoms with Crippen LogP contribution < -0.4 is 19.9 Å². The molecule has 29 heavy (non-hydrogen) atoms. The third-order valence-corrected chi connectivity index (χ3v) is 4.41. The van der Waals surface area contributed by atoms with Gasteiger partial charge in [0.25, 0.3) is 5.91 Å². The van der Waals surface area contributed by atoms with Crippen LogP contribution in [-0.4, -0.2) is 38.0 Å². The standard InChI is InChI=1S/C21H22N4O4/c1-14-17(21(27)25(24-14)16-7-5-4-6-8-16)13-22-23-20(26)12-15-9-10-18(28-2)19(11-15)29-3/h4-11,13,17H,12H2,1-3H3,(H,23,26)/b22-13+. The van der Waals surface area contributed by atoms with E-state index in [1.54, 1.807) is 44.4 Å². The van der Waals surface area contributed by atoms with Gasteiger partial charge in [0.2, 0.25) is 5.91 Å². The molecule has 0 spiro atoms. The summed E-state index contributed by atoms with van der Waals surface area (Å²) >= 11 is 0. The van der Waals surface area contributed by atoms with E-state index in [-0.39, 0.29) is 18.2 Å². The summed E-state index contributed by atoms with van der Waals surface area (Å²) in [5, 5.41) is 9.58. The molecule has 0 aromatic heterocycles. The number of hydrazone groups is 2. The van der Waals surface area contributed by atoms with Gasteiger partial charge in [-0.3, -0.25) is 9.59 Å². The Balaban J connectivity index is 1.59. The number of rotatable bonds is 7. The van der Waals surface area contributed by atoms with Crippen LogP contribution in [-0.2, 0) is 16.0 Å². The van der Waals surface area contributed by atoms with Gasteiger partial charge in [-0.15, -0.1) is 0 Å². The summed E-state index contributed by atoms with van der Waals surface area (Å²) in [4.78, 5) is 24.8. The largest absolute Gasteiger partial charge is 0.493 e. The highest BCUT2D eigenvalue weighted by Crippen LogP contribution is 2.27. The number of ether oxygens (including phenoxy) is 2. The van der Waals surface area contributed by atoms with Crippen molar-refractivity contribution < 1.29 is 19.1 Å². The molecule has 0 radical (unpaired) electrons. The Kier molecular flexibility index (Phi) is 6.23. The van der Waals surface area contributed by atoms with Gasteiger partial charge in [0, 0.05) is 6.21 Å². The quantitative estimate of drug-likeness (QED) is 0.576. The molecule has 1 unspecified atom stereocenters. The second-order valence-corrected chi connectivity index (χ2v) is 6.38. The molecule has 8 nitrogen and oxygen atoms in total. The first kappa shape index (κ1) is 20.1. The van der Waals surface area contributed by atoms with Gasteiger partial charge in [-0.1, -0.05) is 24.3 Å². The molecular formula is C21H22N4O4. The first-order valence-electron chi connectivity index (χ1n) is 9.00. The van der Waals surface area contributed by atoms with Crippen LogP contribution in [0, 0.1) is 5.92 Å². The second-order valence-electron chi connectivity index (χ2n) is 6.38. The molecule has 0 aliphatic carbocycles. The summed E-state index contributed by atoms with van der Waals surface area (Å²) in [6, 6.07) is 14.4. The maximum atomic E-state index is 12.6. The maximum absolute atomic E-state index is 12.6. The Morgan fingerprint density at radius 1 is 1.17 bits per heavy atom. The summed E-state index contributed by atoms with van der Waals surface area (Å²) in [6.07, 6.45) is 1.51. The summed E-state index contributed by atoms with van der Waals surface area (Å²) in [5.74, 6) is -0.00514. The van der Waals surface area contributed by atoms with E-state index < -0.39 is 5.92 Å². The Morgan fingerprint density at radius 2 is 1.90 bits per heavy atom. The number of amides is 2. The molecule has 1 N–H and O–H groups in total. The number of benzene rings is 2. The molecule has 1 atom stereocenters. The van der Waals surface area contributed by atoms with Gasteiger partial charge < -0.3 is 9.47 Å². The summed E-state index contributed by atoms with van der Waals surface area (Å²) in [7, 11) is 3.08. The predicted molar refractivity (Wildman–Crippen MR) is 110 cm³/mol. The van der Waals surface area contributed by atoms with Crippen molar-refractivity contribution in [2.75, 3.05) is 19.2 Å². The third kappa shape index (κ3) is 4.60. The molecule has 1 aliphatic heterocycles. The van der Waals surface area contributed by atoms with Gasteiger partial charge >= 0.3 is 0 Å². The number of nitrogens with one attached hydrogen (secondary N) is 1. The number of hydrogen-bond acceptors (Lipinski definition) is 6. The Bertz CT molecular complexity index is 956. The fraction of sp³-hybridized carbons (Fsp3) is 0.238. The van der Waals surface area contributed by atoms with Crippen LogP contribution in [0.4, 0.5) is 5.69 Å².